The van der Waals surface area contributed by atoms with Gasteiger partial charge in [-0.1, -0.05) is 40.0 Å². The van der Waals surface area contributed by atoms with Gasteiger partial charge in [-0.25, -0.2) is 4.79 Å². The van der Waals surface area contributed by atoms with Crippen LogP contribution in [0.2, 0.25) is 0 Å². The summed E-state index contributed by atoms with van der Waals surface area (Å²) in [4.78, 5) is 56.0. The van der Waals surface area contributed by atoms with E-state index in [9.17, 15) is 19.2 Å². The van der Waals surface area contributed by atoms with Crippen molar-refractivity contribution in [3.05, 3.63) is 20.8 Å². The molecular formula is C22H35N5O4. The van der Waals surface area contributed by atoms with Crippen molar-refractivity contribution in [2.45, 2.75) is 71.9 Å². The highest BCUT2D eigenvalue weighted by Crippen LogP contribution is 2.36. The SMILES string of the molecule is CCCCn1c(N)c(N(C)C(=O)[C@@H]2CC(=O)N([C@@H]3CCC[C@H](C)[C@@H]3C)C2)c(=O)[nH]c1=O. The van der Waals surface area contributed by atoms with Crippen molar-refractivity contribution in [2.24, 2.45) is 17.8 Å². The molecule has 9 nitrogen and oxygen atoms in total. The Morgan fingerprint density at radius 2 is 1.94 bits per heavy atom. The number of nitrogens with two attached hydrogens (primary N) is 1. The van der Waals surface area contributed by atoms with E-state index in [-0.39, 0.29) is 35.8 Å². The molecule has 2 amide bonds. The van der Waals surface area contributed by atoms with Gasteiger partial charge in [0.05, 0.1) is 5.92 Å². The average molecular weight is 434 g/mol. The minimum atomic E-state index is -0.693. The lowest BCUT2D eigenvalue weighted by atomic mass is 9.77. The third kappa shape index (κ3) is 4.41. The molecule has 3 N–H and O–H groups in total. The topological polar surface area (TPSA) is 121 Å². The molecule has 0 spiro atoms. The zero-order valence-electron chi connectivity index (χ0n) is 19.0. The molecule has 1 aromatic heterocycles. The second-order valence-electron chi connectivity index (χ2n) is 9.18. The Kier molecular flexibility index (Phi) is 6.91. The highest BCUT2D eigenvalue weighted by molar-refractivity contribution is 6.00. The number of H-pyrrole nitrogens is 1. The number of aromatic amines is 1. The highest BCUT2D eigenvalue weighted by Gasteiger charge is 2.42. The number of hydrogen-bond donors (Lipinski definition) is 2. The Balaban J connectivity index is 1.82. The van der Waals surface area contributed by atoms with Crippen molar-refractivity contribution in [3.63, 3.8) is 0 Å². The standard InChI is InChI=1S/C22H35N5O4/c1-5-6-10-26-19(23)18(20(29)24-22(26)31)25(4)21(30)15-11-17(28)27(12-15)16-9-7-8-13(2)14(16)3/h13-16H,5-12,23H2,1-4H3,(H,24,29,31)/t13-,14-,15+,16+/m0/s1. The number of nitrogen functional groups attached to an aromatic ring is 1. The monoisotopic (exact) mass is 433 g/mol. The Labute approximate surface area is 182 Å². The zero-order valence-corrected chi connectivity index (χ0v) is 19.0. The van der Waals surface area contributed by atoms with Crippen LogP contribution in [0.5, 0.6) is 0 Å². The lowest BCUT2D eigenvalue weighted by molar-refractivity contribution is -0.132. The van der Waals surface area contributed by atoms with Gasteiger partial charge in [0.15, 0.2) is 5.69 Å². The Bertz CT molecular complexity index is 952. The van der Waals surface area contributed by atoms with Crippen LogP contribution >= 0.6 is 0 Å². The largest absolute Gasteiger partial charge is 0.383 e. The van der Waals surface area contributed by atoms with Gasteiger partial charge in [-0.2, -0.15) is 0 Å². The van der Waals surface area contributed by atoms with E-state index in [0.29, 0.717) is 24.9 Å². The lowest BCUT2D eigenvalue weighted by Crippen LogP contribution is -2.46. The van der Waals surface area contributed by atoms with Crippen LogP contribution in [0.4, 0.5) is 11.5 Å². The highest BCUT2D eigenvalue weighted by atomic mass is 16.2. The van der Waals surface area contributed by atoms with E-state index >= 15 is 0 Å². The zero-order chi connectivity index (χ0) is 22.9. The van der Waals surface area contributed by atoms with E-state index in [4.69, 9.17) is 5.73 Å². The second kappa shape index (κ2) is 9.28. The van der Waals surface area contributed by atoms with Gasteiger partial charge in [-0.3, -0.25) is 23.9 Å². The number of aromatic nitrogens is 2. The first-order valence-electron chi connectivity index (χ1n) is 11.4. The van der Waals surface area contributed by atoms with Gasteiger partial charge in [0.1, 0.15) is 5.82 Å². The number of amides is 2. The first-order chi connectivity index (χ1) is 14.7. The third-order valence-electron chi connectivity index (χ3n) is 7.19. The van der Waals surface area contributed by atoms with Crippen LogP contribution in [-0.2, 0) is 16.1 Å². The van der Waals surface area contributed by atoms with Crippen molar-refractivity contribution in [1.82, 2.24) is 14.5 Å². The molecule has 9 heteroatoms. The van der Waals surface area contributed by atoms with Crippen molar-refractivity contribution in [3.8, 4) is 0 Å². The van der Waals surface area contributed by atoms with E-state index in [0.717, 1.165) is 25.7 Å². The van der Waals surface area contributed by atoms with Crippen molar-refractivity contribution in [2.75, 3.05) is 24.2 Å². The van der Waals surface area contributed by atoms with Crippen LogP contribution in [0.15, 0.2) is 9.59 Å². The average Bonchev–Trinajstić information content (AvgIpc) is 3.10. The molecule has 3 rings (SSSR count). The number of likely N-dealkylation sites (tertiary alicyclic amines) is 1. The van der Waals surface area contributed by atoms with E-state index in [1.165, 1.54) is 22.9 Å². The molecule has 1 aliphatic heterocycles. The smallest absolute Gasteiger partial charge is 0.330 e. The molecule has 1 saturated heterocycles. The van der Waals surface area contributed by atoms with Gasteiger partial charge in [0.25, 0.3) is 5.56 Å². The Morgan fingerprint density at radius 1 is 1.23 bits per heavy atom. The summed E-state index contributed by atoms with van der Waals surface area (Å²) in [5.74, 6) is 0.0554. The minimum Gasteiger partial charge on any atom is -0.383 e. The summed E-state index contributed by atoms with van der Waals surface area (Å²) in [5, 5.41) is 0. The van der Waals surface area contributed by atoms with Crippen molar-refractivity contribution in [1.29, 1.82) is 0 Å². The van der Waals surface area contributed by atoms with E-state index < -0.39 is 17.2 Å². The van der Waals surface area contributed by atoms with E-state index in [1.54, 1.807) is 0 Å². The lowest BCUT2D eigenvalue weighted by Gasteiger charge is -2.40. The number of anilines is 2. The summed E-state index contributed by atoms with van der Waals surface area (Å²) in [5.41, 5.74) is 4.83. The molecule has 0 bridgehead atoms. The van der Waals surface area contributed by atoms with Gasteiger partial charge in [0, 0.05) is 32.6 Å². The molecule has 4 atom stereocenters. The molecule has 1 aromatic rings. The number of carbonyl (C=O) groups is 2. The number of carbonyl (C=O) groups excluding carboxylic acids is 2. The maximum atomic E-state index is 13.2. The molecule has 1 aliphatic carbocycles. The first kappa shape index (κ1) is 23.1. The molecule has 2 aliphatic rings. The van der Waals surface area contributed by atoms with Crippen LogP contribution < -0.4 is 21.9 Å². The predicted molar refractivity (Wildman–Crippen MR) is 120 cm³/mol. The maximum Gasteiger partial charge on any atom is 0.330 e. The van der Waals surface area contributed by atoms with Gasteiger partial charge in [0.2, 0.25) is 11.8 Å². The molecule has 2 heterocycles. The summed E-state index contributed by atoms with van der Waals surface area (Å²) in [6, 6.07) is 0.156. The number of hydrogen-bond acceptors (Lipinski definition) is 5. The Morgan fingerprint density at radius 3 is 2.61 bits per heavy atom. The minimum absolute atomic E-state index is 0.00695. The van der Waals surface area contributed by atoms with Crippen LogP contribution in [0.3, 0.4) is 0 Å². The van der Waals surface area contributed by atoms with Gasteiger partial charge >= 0.3 is 5.69 Å². The number of nitrogens with zero attached hydrogens (tertiary/aromatic N) is 3. The fourth-order valence-electron chi connectivity index (χ4n) is 5.04. The quantitative estimate of drug-likeness (QED) is 0.705. The number of nitrogens with one attached hydrogen (secondary N) is 1. The molecule has 1 saturated carbocycles. The first-order valence-corrected chi connectivity index (χ1v) is 11.4. The van der Waals surface area contributed by atoms with Crippen molar-refractivity contribution >= 4 is 23.3 Å². The predicted octanol–water partition coefficient (Wildman–Crippen LogP) is 1.55. The molecule has 0 aromatic carbocycles. The molecule has 0 radical (unpaired) electrons. The molecule has 2 fully saturated rings. The van der Waals surface area contributed by atoms with Crippen LogP contribution in [0.25, 0.3) is 0 Å². The van der Waals surface area contributed by atoms with Crippen LogP contribution in [-0.4, -0.2) is 45.9 Å². The Hall–Kier alpha value is -2.58. The molecule has 31 heavy (non-hydrogen) atoms. The second-order valence-corrected chi connectivity index (χ2v) is 9.18. The molecular weight excluding hydrogens is 398 g/mol. The van der Waals surface area contributed by atoms with Crippen LogP contribution in [0, 0.1) is 17.8 Å². The van der Waals surface area contributed by atoms with Gasteiger partial charge in [-0.15, -0.1) is 0 Å². The summed E-state index contributed by atoms with van der Waals surface area (Å²) >= 11 is 0. The van der Waals surface area contributed by atoms with Gasteiger partial charge in [-0.05, 0) is 24.7 Å². The summed E-state index contributed by atoms with van der Waals surface area (Å²) < 4.78 is 1.29. The summed E-state index contributed by atoms with van der Waals surface area (Å²) in [6.07, 6.45) is 4.92. The van der Waals surface area contributed by atoms with E-state index in [1.807, 2.05) is 11.8 Å². The van der Waals surface area contributed by atoms with Gasteiger partial charge < -0.3 is 15.5 Å². The van der Waals surface area contributed by atoms with Crippen LogP contribution in [0.1, 0.15) is 59.3 Å². The summed E-state index contributed by atoms with van der Waals surface area (Å²) in [6.45, 7) is 7.11. The summed E-state index contributed by atoms with van der Waals surface area (Å²) in [7, 11) is 1.48. The fourth-order valence-corrected chi connectivity index (χ4v) is 5.04. The fraction of sp³-hybridized carbons (Fsp3) is 0.727. The maximum absolute atomic E-state index is 13.2. The van der Waals surface area contributed by atoms with E-state index in [2.05, 4.69) is 18.8 Å². The van der Waals surface area contributed by atoms with Crippen molar-refractivity contribution < 1.29 is 9.59 Å². The molecule has 0 unspecified atom stereocenters. The number of rotatable bonds is 6. The normalized spacial score (nSPS) is 26.3. The third-order valence-corrected chi connectivity index (χ3v) is 7.19. The number of unbranched alkanes of at least 4 members (excludes halogenated alkanes) is 1. The molecule has 172 valence electrons.